The minimum absolute atomic E-state index is 0.136. The second kappa shape index (κ2) is 6.80. The van der Waals surface area contributed by atoms with Gasteiger partial charge in [0.25, 0.3) is 0 Å². The van der Waals surface area contributed by atoms with Crippen LogP contribution in [0, 0.1) is 6.92 Å². The fourth-order valence-corrected chi connectivity index (χ4v) is 2.98. The lowest BCUT2D eigenvalue weighted by Crippen LogP contribution is -2.08. The summed E-state index contributed by atoms with van der Waals surface area (Å²) < 4.78 is 0.999. The number of halogens is 1. The number of rotatable bonds is 3. The Bertz CT molecular complexity index is 894. The molecule has 114 valence electrons. The van der Waals surface area contributed by atoms with Gasteiger partial charge in [-0.25, -0.2) is 0 Å². The van der Waals surface area contributed by atoms with Crippen molar-refractivity contribution in [2.75, 3.05) is 5.32 Å². The summed E-state index contributed by atoms with van der Waals surface area (Å²) in [6.45, 7) is 1.97. The number of fused-ring (bicyclic) bond motifs is 1. The first-order chi connectivity index (χ1) is 11.1. The molecule has 1 amide bonds. The summed E-state index contributed by atoms with van der Waals surface area (Å²) in [6.07, 6.45) is 3.43. The van der Waals surface area contributed by atoms with Crippen molar-refractivity contribution in [3.8, 4) is 0 Å². The van der Waals surface area contributed by atoms with Gasteiger partial charge < -0.3 is 5.32 Å². The van der Waals surface area contributed by atoms with Gasteiger partial charge in [0.1, 0.15) is 0 Å². The van der Waals surface area contributed by atoms with Gasteiger partial charge in [-0.2, -0.15) is 0 Å². The summed E-state index contributed by atoms with van der Waals surface area (Å²) in [4.78, 5) is 12.1. The van der Waals surface area contributed by atoms with Crippen LogP contribution in [0.5, 0.6) is 0 Å². The molecule has 0 saturated carbocycles. The van der Waals surface area contributed by atoms with Crippen molar-refractivity contribution in [2.24, 2.45) is 0 Å². The molecule has 2 nitrogen and oxygen atoms in total. The molecule has 0 radical (unpaired) electrons. The van der Waals surface area contributed by atoms with E-state index >= 15 is 0 Å². The molecule has 0 aliphatic heterocycles. The van der Waals surface area contributed by atoms with Gasteiger partial charge in [0.05, 0.1) is 0 Å². The zero-order chi connectivity index (χ0) is 16.2. The fraction of sp³-hybridized carbons (Fsp3) is 0.0500. The van der Waals surface area contributed by atoms with E-state index < -0.39 is 0 Å². The number of amides is 1. The summed E-state index contributed by atoms with van der Waals surface area (Å²) in [5.41, 5.74) is 2.87. The number of aryl methyl sites for hydroxylation is 1. The van der Waals surface area contributed by atoms with Crippen LogP contribution < -0.4 is 5.32 Å². The third-order valence-electron chi connectivity index (χ3n) is 3.68. The van der Waals surface area contributed by atoms with Gasteiger partial charge in [-0.3, -0.25) is 4.79 Å². The Morgan fingerprint density at radius 3 is 2.65 bits per heavy atom. The molecule has 0 aromatic heterocycles. The standard InChI is InChI=1S/C20H16BrNO/c1-14-13-17(21)10-11-19(14)22-20(23)12-9-16-7-4-6-15-5-2-3-8-18(15)16/h2-13H,1H3,(H,22,23). The maximum Gasteiger partial charge on any atom is 0.248 e. The molecule has 0 fully saturated rings. The predicted octanol–water partition coefficient (Wildman–Crippen LogP) is 5.56. The zero-order valence-electron chi connectivity index (χ0n) is 12.7. The van der Waals surface area contributed by atoms with E-state index in [4.69, 9.17) is 0 Å². The van der Waals surface area contributed by atoms with Crippen LogP contribution in [0.2, 0.25) is 0 Å². The first kappa shape index (κ1) is 15.5. The van der Waals surface area contributed by atoms with Crippen molar-refractivity contribution in [1.29, 1.82) is 0 Å². The molecule has 0 aliphatic carbocycles. The smallest absolute Gasteiger partial charge is 0.248 e. The highest BCUT2D eigenvalue weighted by atomic mass is 79.9. The molecule has 3 heteroatoms. The molecule has 0 unspecified atom stereocenters. The highest BCUT2D eigenvalue weighted by Gasteiger charge is 2.03. The Labute approximate surface area is 144 Å². The van der Waals surface area contributed by atoms with Crippen molar-refractivity contribution in [3.05, 3.63) is 82.3 Å². The second-order valence-electron chi connectivity index (χ2n) is 5.35. The zero-order valence-corrected chi connectivity index (χ0v) is 14.3. The van der Waals surface area contributed by atoms with E-state index in [1.165, 1.54) is 5.39 Å². The molecule has 1 N–H and O–H groups in total. The quantitative estimate of drug-likeness (QED) is 0.604. The maximum atomic E-state index is 12.1. The molecule has 0 atom stereocenters. The molecular weight excluding hydrogens is 350 g/mol. The monoisotopic (exact) mass is 365 g/mol. The van der Waals surface area contributed by atoms with Crippen LogP contribution in [0.4, 0.5) is 5.69 Å². The number of hydrogen-bond acceptors (Lipinski definition) is 1. The van der Waals surface area contributed by atoms with Gasteiger partial charge in [-0.15, -0.1) is 0 Å². The van der Waals surface area contributed by atoms with Crippen LogP contribution in [0.25, 0.3) is 16.8 Å². The normalized spacial score (nSPS) is 11.0. The topological polar surface area (TPSA) is 29.1 Å². The van der Waals surface area contributed by atoms with Gasteiger partial charge in [0, 0.05) is 16.2 Å². The Morgan fingerprint density at radius 2 is 1.83 bits per heavy atom. The van der Waals surface area contributed by atoms with E-state index in [2.05, 4.69) is 39.4 Å². The van der Waals surface area contributed by atoms with E-state index in [0.717, 1.165) is 26.7 Å². The lowest BCUT2D eigenvalue weighted by atomic mass is 10.0. The molecule has 3 aromatic rings. The molecule has 0 saturated heterocycles. The molecular formula is C20H16BrNO. The van der Waals surface area contributed by atoms with Crippen LogP contribution in [0.3, 0.4) is 0 Å². The first-order valence-corrected chi connectivity index (χ1v) is 8.16. The number of carbonyl (C=O) groups is 1. The predicted molar refractivity (Wildman–Crippen MR) is 100 cm³/mol. The number of hydrogen-bond donors (Lipinski definition) is 1. The summed E-state index contributed by atoms with van der Waals surface area (Å²) in [6, 6.07) is 20.0. The molecule has 0 spiro atoms. The molecule has 0 bridgehead atoms. The third kappa shape index (κ3) is 3.69. The van der Waals surface area contributed by atoms with Crippen molar-refractivity contribution >= 4 is 44.4 Å². The van der Waals surface area contributed by atoms with Crippen LogP contribution in [0.15, 0.2) is 71.2 Å². The average Bonchev–Trinajstić information content (AvgIpc) is 2.55. The van der Waals surface area contributed by atoms with E-state index in [0.29, 0.717) is 0 Å². The first-order valence-electron chi connectivity index (χ1n) is 7.36. The number of nitrogens with one attached hydrogen (secondary N) is 1. The molecule has 23 heavy (non-hydrogen) atoms. The van der Waals surface area contributed by atoms with Crippen molar-refractivity contribution in [1.82, 2.24) is 0 Å². The lowest BCUT2D eigenvalue weighted by Gasteiger charge is -2.06. The molecule has 3 rings (SSSR count). The minimum Gasteiger partial charge on any atom is -0.322 e. The fourth-order valence-electron chi connectivity index (χ4n) is 2.50. The summed E-state index contributed by atoms with van der Waals surface area (Å²) in [7, 11) is 0. The molecule has 0 aliphatic rings. The van der Waals surface area contributed by atoms with Crippen molar-refractivity contribution in [2.45, 2.75) is 6.92 Å². The summed E-state index contributed by atoms with van der Waals surface area (Å²) >= 11 is 3.42. The van der Waals surface area contributed by atoms with E-state index in [-0.39, 0.29) is 5.91 Å². The molecule has 0 heterocycles. The highest BCUT2D eigenvalue weighted by Crippen LogP contribution is 2.21. The Balaban J connectivity index is 1.80. The van der Waals surface area contributed by atoms with Crippen LogP contribution in [0.1, 0.15) is 11.1 Å². The van der Waals surface area contributed by atoms with E-state index in [9.17, 15) is 4.79 Å². The molecule has 3 aromatic carbocycles. The lowest BCUT2D eigenvalue weighted by molar-refractivity contribution is -0.111. The van der Waals surface area contributed by atoms with Crippen molar-refractivity contribution in [3.63, 3.8) is 0 Å². The van der Waals surface area contributed by atoms with Crippen molar-refractivity contribution < 1.29 is 4.79 Å². The highest BCUT2D eigenvalue weighted by molar-refractivity contribution is 9.10. The van der Waals surface area contributed by atoms with Gasteiger partial charge >= 0.3 is 0 Å². The summed E-state index contributed by atoms with van der Waals surface area (Å²) in [5.74, 6) is -0.136. The number of anilines is 1. The van der Waals surface area contributed by atoms with Crippen LogP contribution >= 0.6 is 15.9 Å². The SMILES string of the molecule is Cc1cc(Br)ccc1NC(=O)C=Cc1cccc2ccccc12. The Morgan fingerprint density at radius 1 is 1.04 bits per heavy atom. The Hall–Kier alpha value is -2.39. The maximum absolute atomic E-state index is 12.1. The number of carbonyl (C=O) groups excluding carboxylic acids is 1. The van der Waals surface area contributed by atoms with Gasteiger partial charge in [-0.1, -0.05) is 58.4 Å². The van der Waals surface area contributed by atoms with Gasteiger partial charge in [0.15, 0.2) is 0 Å². The van der Waals surface area contributed by atoms with E-state index in [1.807, 2.05) is 55.5 Å². The third-order valence-corrected chi connectivity index (χ3v) is 4.18. The average molecular weight is 366 g/mol. The Kier molecular flexibility index (Phi) is 4.58. The van der Waals surface area contributed by atoms with Crippen LogP contribution in [-0.2, 0) is 4.79 Å². The largest absolute Gasteiger partial charge is 0.322 e. The van der Waals surface area contributed by atoms with Gasteiger partial charge in [-0.05, 0) is 53.1 Å². The van der Waals surface area contributed by atoms with E-state index in [1.54, 1.807) is 6.08 Å². The minimum atomic E-state index is -0.136. The van der Waals surface area contributed by atoms with Crippen LogP contribution in [-0.4, -0.2) is 5.91 Å². The number of benzene rings is 3. The summed E-state index contributed by atoms with van der Waals surface area (Å²) in [5, 5.41) is 5.21. The second-order valence-corrected chi connectivity index (χ2v) is 6.27. The van der Waals surface area contributed by atoms with Gasteiger partial charge in [0.2, 0.25) is 5.91 Å².